The third-order valence-corrected chi connectivity index (χ3v) is 2.07. The highest BCUT2D eigenvalue weighted by Crippen LogP contribution is 2.20. The molecule has 0 spiro atoms. The first-order valence-corrected chi connectivity index (χ1v) is 4.06. The molecule has 0 saturated heterocycles. The van der Waals surface area contributed by atoms with E-state index in [-0.39, 0.29) is 12.4 Å². The van der Waals surface area contributed by atoms with Crippen LogP contribution in [0.2, 0.25) is 0 Å². The summed E-state index contributed by atoms with van der Waals surface area (Å²) in [5, 5.41) is 12.4. The van der Waals surface area contributed by atoms with Crippen LogP contribution in [-0.4, -0.2) is 0 Å². The first-order chi connectivity index (χ1) is 6.31. The van der Waals surface area contributed by atoms with Crippen LogP contribution < -0.4 is 0 Å². The van der Waals surface area contributed by atoms with Gasteiger partial charge >= 0.3 is 0 Å². The molecule has 2 rings (SSSR count). The molecule has 0 aliphatic heterocycles. The normalized spacial score (nSPS) is 10.6. The van der Waals surface area contributed by atoms with Gasteiger partial charge in [0, 0.05) is 0 Å². The Labute approximate surface area is 75.4 Å². The maximum atomic E-state index is 12.9. The van der Waals surface area contributed by atoms with E-state index in [9.17, 15) is 9.50 Å². The van der Waals surface area contributed by atoms with E-state index in [1.54, 1.807) is 6.07 Å². The molecule has 2 heteroatoms. The molecule has 0 atom stereocenters. The number of benzene rings is 2. The molecule has 2 aromatic carbocycles. The van der Waals surface area contributed by atoms with Gasteiger partial charge in [-0.1, -0.05) is 24.3 Å². The topological polar surface area (TPSA) is 19.9 Å². The molecule has 2 aromatic rings. The van der Waals surface area contributed by atoms with Gasteiger partial charge in [0.25, 0.3) is 0 Å². The number of halogens is 1. The van der Waals surface area contributed by atoms with E-state index in [0.29, 0.717) is 5.56 Å². The lowest BCUT2D eigenvalue weighted by atomic mass is 10.1. The van der Waals surface area contributed by atoms with E-state index < -0.39 is 0 Å². The van der Waals surface area contributed by atoms with Gasteiger partial charge in [0.1, 0.15) is 12.4 Å². The molecule has 1 radical (unpaired) electrons. The van der Waals surface area contributed by atoms with E-state index >= 15 is 0 Å². The number of rotatable bonds is 1. The van der Waals surface area contributed by atoms with Gasteiger partial charge in [0.05, 0.1) is 0 Å². The Morgan fingerprint density at radius 2 is 1.92 bits per heavy atom. The maximum absolute atomic E-state index is 12.9. The highest BCUT2D eigenvalue weighted by Gasteiger charge is 2.02. The molecule has 0 unspecified atom stereocenters. The van der Waals surface area contributed by atoms with Gasteiger partial charge in [-0.3, -0.25) is 0 Å². The van der Waals surface area contributed by atoms with Crippen molar-refractivity contribution in [3.63, 3.8) is 0 Å². The number of hydrogen-bond donors (Lipinski definition) is 0. The standard InChI is InChI=1S/C11H8FO/c12-10-5-8-3-1-2-4-11(8)9(6-10)7-13/h1-6H,7H2. The fourth-order valence-electron chi connectivity index (χ4n) is 1.47. The predicted molar refractivity (Wildman–Crippen MR) is 48.3 cm³/mol. The van der Waals surface area contributed by atoms with Crippen LogP contribution >= 0.6 is 0 Å². The summed E-state index contributed by atoms with van der Waals surface area (Å²) in [5.74, 6) is -0.343. The Balaban J connectivity index is 2.81. The lowest BCUT2D eigenvalue weighted by molar-refractivity contribution is 0.178. The lowest BCUT2D eigenvalue weighted by Gasteiger charge is -2.02. The van der Waals surface area contributed by atoms with Gasteiger partial charge in [-0.25, -0.2) is 9.50 Å². The first kappa shape index (κ1) is 8.20. The molecule has 1 nitrogen and oxygen atoms in total. The zero-order chi connectivity index (χ0) is 9.26. The fraction of sp³-hybridized carbons (Fsp3) is 0.0909. The molecule has 0 aliphatic carbocycles. The van der Waals surface area contributed by atoms with Gasteiger partial charge in [-0.15, -0.1) is 0 Å². The predicted octanol–water partition coefficient (Wildman–Crippen LogP) is 2.91. The monoisotopic (exact) mass is 175 g/mol. The summed E-state index contributed by atoms with van der Waals surface area (Å²) < 4.78 is 12.9. The van der Waals surface area contributed by atoms with Gasteiger partial charge in [0.2, 0.25) is 0 Å². The Hall–Kier alpha value is -1.41. The zero-order valence-electron chi connectivity index (χ0n) is 6.96. The molecule has 0 N–H and O–H groups in total. The number of fused-ring (bicyclic) bond motifs is 1. The summed E-state index contributed by atoms with van der Waals surface area (Å²) in [7, 11) is 0. The second-order valence-electron chi connectivity index (χ2n) is 2.93. The Kier molecular flexibility index (Phi) is 1.99. The van der Waals surface area contributed by atoms with Crippen molar-refractivity contribution in [2.75, 3.05) is 0 Å². The van der Waals surface area contributed by atoms with Crippen LogP contribution in [0.15, 0.2) is 36.4 Å². The van der Waals surface area contributed by atoms with E-state index in [1.165, 1.54) is 12.1 Å². The average molecular weight is 175 g/mol. The molecule has 13 heavy (non-hydrogen) atoms. The first-order valence-electron chi connectivity index (χ1n) is 4.06. The minimum Gasteiger partial charge on any atom is -0.232 e. The van der Waals surface area contributed by atoms with Gasteiger partial charge < -0.3 is 0 Å². The summed E-state index contributed by atoms with van der Waals surface area (Å²) in [6.45, 7) is -0.377. The summed E-state index contributed by atoms with van der Waals surface area (Å²) in [4.78, 5) is 0. The average Bonchev–Trinajstić information content (AvgIpc) is 2.16. The summed E-state index contributed by atoms with van der Waals surface area (Å²) >= 11 is 0. The van der Waals surface area contributed by atoms with Crippen LogP contribution in [0.1, 0.15) is 5.56 Å². The fourth-order valence-corrected chi connectivity index (χ4v) is 1.47. The van der Waals surface area contributed by atoms with Crippen LogP contribution in [-0.2, 0) is 11.7 Å². The number of hydrogen-bond acceptors (Lipinski definition) is 0. The largest absolute Gasteiger partial charge is 0.232 e. The second kappa shape index (κ2) is 3.15. The zero-order valence-corrected chi connectivity index (χ0v) is 6.96. The van der Waals surface area contributed by atoms with Gasteiger partial charge in [-0.2, -0.15) is 0 Å². The van der Waals surface area contributed by atoms with Crippen LogP contribution in [0.3, 0.4) is 0 Å². The van der Waals surface area contributed by atoms with Crippen molar-refractivity contribution in [3.8, 4) is 0 Å². The molecule has 65 valence electrons. The van der Waals surface area contributed by atoms with Gasteiger partial charge in [-0.05, 0) is 28.5 Å². The van der Waals surface area contributed by atoms with Gasteiger partial charge in [0.15, 0.2) is 0 Å². The van der Waals surface area contributed by atoms with Crippen molar-refractivity contribution >= 4 is 10.8 Å². The molecule has 0 saturated carbocycles. The highest BCUT2D eigenvalue weighted by molar-refractivity contribution is 5.85. The summed E-state index contributed by atoms with van der Waals surface area (Å²) in [6.07, 6.45) is 0. The molecule has 0 aromatic heterocycles. The molecule has 0 bridgehead atoms. The van der Waals surface area contributed by atoms with E-state index in [0.717, 1.165) is 10.8 Å². The minimum absolute atomic E-state index is 0.343. The Morgan fingerprint density at radius 3 is 2.69 bits per heavy atom. The highest BCUT2D eigenvalue weighted by atomic mass is 19.1. The van der Waals surface area contributed by atoms with Crippen LogP contribution in [0.5, 0.6) is 0 Å². The second-order valence-corrected chi connectivity index (χ2v) is 2.93. The quantitative estimate of drug-likeness (QED) is 0.635. The third kappa shape index (κ3) is 1.40. The molecule has 0 aliphatic rings. The van der Waals surface area contributed by atoms with Crippen LogP contribution in [0.25, 0.3) is 10.8 Å². The molecule has 0 heterocycles. The van der Waals surface area contributed by atoms with Crippen molar-refractivity contribution in [2.24, 2.45) is 0 Å². The lowest BCUT2D eigenvalue weighted by Crippen LogP contribution is -1.86. The summed E-state index contributed by atoms with van der Waals surface area (Å²) in [5.41, 5.74) is 0.524. The SMILES string of the molecule is [O]Cc1cc(F)cc2ccccc12. The molecular formula is C11H8FO. The minimum atomic E-state index is -0.377. The molecule has 0 fully saturated rings. The van der Waals surface area contributed by atoms with E-state index in [4.69, 9.17) is 0 Å². The van der Waals surface area contributed by atoms with Crippen molar-refractivity contribution in [2.45, 2.75) is 6.61 Å². The molecule has 0 amide bonds. The smallest absolute Gasteiger partial charge is 0.124 e. The van der Waals surface area contributed by atoms with E-state index in [1.807, 2.05) is 18.2 Å². The van der Waals surface area contributed by atoms with Crippen LogP contribution in [0, 0.1) is 5.82 Å². The van der Waals surface area contributed by atoms with Crippen molar-refractivity contribution in [1.29, 1.82) is 0 Å². The third-order valence-electron chi connectivity index (χ3n) is 2.07. The van der Waals surface area contributed by atoms with Crippen molar-refractivity contribution in [1.82, 2.24) is 0 Å². The maximum Gasteiger partial charge on any atom is 0.124 e. The van der Waals surface area contributed by atoms with Crippen molar-refractivity contribution in [3.05, 3.63) is 47.8 Å². The van der Waals surface area contributed by atoms with Crippen molar-refractivity contribution < 1.29 is 9.50 Å². The van der Waals surface area contributed by atoms with Crippen LogP contribution in [0.4, 0.5) is 4.39 Å². The summed E-state index contributed by atoms with van der Waals surface area (Å²) in [6, 6.07) is 10.1. The molecular weight excluding hydrogens is 167 g/mol. The Bertz CT molecular complexity index is 437. The Morgan fingerprint density at radius 1 is 1.15 bits per heavy atom. The van der Waals surface area contributed by atoms with E-state index in [2.05, 4.69) is 0 Å².